The molecular weight excluding hydrogens is 280 g/mol. The van der Waals surface area contributed by atoms with Gasteiger partial charge in [0.15, 0.2) is 5.43 Å². The zero-order valence-corrected chi connectivity index (χ0v) is 9.94. The minimum absolute atomic E-state index is 0.358. The van der Waals surface area contributed by atoms with Crippen molar-refractivity contribution in [1.82, 2.24) is 4.98 Å². The summed E-state index contributed by atoms with van der Waals surface area (Å²) in [5.74, 6) is 0. The van der Waals surface area contributed by atoms with E-state index in [0.29, 0.717) is 15.4 Å². The molecule has 0 atom stereocenters. The Morgan fingerprint density at radius 3 is 2.69 bits per heavy atom. The Kier molecular flexibility index (Phi) is 2.80. The van der Waals surface area contributed by atoms with Crippen LogP contribution >= 0.6 is 15.9 Å². The van der Waals surface area contributed by atoms with Crippen LogP contribution in [0.4, 0.5) is 8.78 Å². The number of pyridine rings is 1. The quantitative estimate of drug-likeness (QED) is 0.855. The van der Waals surface area contributed by atoms with Crippen LogP contribution in [0, 0.1) is 6.92 Å². The van der Waals surface area contributed by atoms with Crippen LogP contribution in [0.2, 0.25) is 0 Å². The first-order chi connectivity index (χ1) is 7.50. The fourth-order valence-corrected chi connectivity index (χ4v) is 2.06. The van der Waals surface area contributed by atoms with E-state index in [1.165, 1.54) is 0 Å². The molecule has 0 fully saturated rings. The summed E-state index contributed by atoms with van der Waals surface area (Å²) in [5.41, 5.74) is 0.440. The Labute approximate surface area is 98.4 Å². The predicted octanol–water partition coefficient (Wildman–Crippen LogP) is 3.54. The number of hydrogen-bond donors (Lipinski definition) is 1. The number of aromatic nitrogens is 1. The van der Waals surface area contributed by atoms with Gasteiger partial charge < -0.3 is 4.98 Å². The number of H-pyrrole nitrogens is 1. The maximum absolute atomic E-state index is 12.5. The first-order valence-corrected chi connectivity index (χ1v) is 5.40. The van der Waals surface area contributed by atoms with Crippen molar-refractivity contribution in [3.05, 3.63) is 44.2 Å². The summed E-state index contributed by atoms with van der Waals surface area (Å²) in [6.45, 7) is 1.77. The second kappa shape index (κ2) is 3.97. The normalized spacial score (nSPS) is 11.3. The number of aryl methyl sites for hydroxylation is 1. The molecule has 0 aliphatic carbocycles. The highest BCUT2D eigenvalue weighted by Crippen LogP contribution is 2.25. The number of rotatable bonds is 1. The highest BCUT2D eigenvalue weighted by Gasteiger charge is 2.13. The fourth-order valence-electron chi connectivity index (χ4n) is 1.63. The number of alkyl halides is 2. The molecule has 1 N–H and O–H groups in total. The van der Waals surface area contributed by atoms with Crippen LogP contribution in [0.1, 0.15) is 17.7 Å². The lowest BCUT2D eigenvalue weighted by Crippen LogP contribution is -2.07. The van der Waals surface area contributed by atoms with Crippen LogP contribution in [0.3, 0.4) is 0 Å². The molecule has 0 spiro atoms. The minimum Gasteiger partial charge on any atom is -0.353 e. The summed E-state index contributed by atoms with van der Waals surface area (Å²) in [4.78, 5) is 14.3. The van der Waals surface area contributed by atoms with Gasteiger partial charge in [-0.05, 0) is 34.5 Å². The van der Waals surface area contributed by atoms with Crippen LogP contribution < -0.4 is 5.43 Å². The van der Waals surface area contributed by atoms with Crippen LogP contribution in [-0.4, -0.2) is 4.98 Å². The van der Waals surface area contributed by atoms with Crippen LogP contribution in [-0.2, 0) is 0 Å². The number of fused-ring (bicyclic) bond motifs is 1. The first-order valence-electron chi connectivity index (χ1n) is 4.61. The first kappa shape index (κ1) is 11.3. The van der Waals surface area contributed by atoms with Gasteiger partial charge in [-0.3, -0.25) is 4.79 Å². The van der Waals surface area contributed by atoms with Crippen molar-refractivity contribution in [3.63, 3.8) is 0 Å². The Bertz CT molecular complexity index is 607. The molecule has 0 saturated heterocycles. The Hall–Kier alpha value is -1.23. The third-order valence-electron chi connectivity index (χ3n) is 2.40. The van der Waals surface area contributed by atoms with Gasteiger partial charge in [-0.25, -0.2) is 8.78 Å². The summed E-state index contributed by atoms with van der Waals surface area (Å²) in [7, 11) is 0. The number of halogens is 3. The molecule has 5 heteroatoms. The summed E-state index contributed by atoms with van der Waals surface area (Å²) < 4.78 is 25.6. The molecule has 2 rings (SSSR count). The Morgan fingerprint density at radius 2 is 2.06 bits per heavy atom. The van der Waals surface area contributed by atoms with E-state index in [0.717, 1.165) is 11.6 Å². The second-order valence-corrected chi connectivity index (χ2v) is 4.36. The largest absolute Gasteiger partial charge is 0.353 e. The van der Waals surface area contributed by atoms with Crippen molar-refractivity contribution in [2.75, 3.05) is 0 Å². The molecule has 0 aliphatic heterocycles. The number of benzene rings is 1. The van der Waals surface area contributed by atoms with Crippen LogP contribution in [0.5, 0.6) is 0 Å². The molecular formula is C11H8BrF2NO. The zero-order chi connectivity index (χ0) is 11.9. The molecule has 0 saturated carbocycles. The molecule has 2 nitrogen and oxygen atoms in total. The molecule has 0 unspecified atom stereocenters. The molecule has 2 aromatic rings. The lowest BCUT2D eigenvalue weighted by Gasteiger charge is -2.07. The van der Waals surface area contributed by atoms with Crippen molar-refractivity contribution in [3.8, 4) is 0 Å². The number of hydrogen-bond acceptors (Lipinski definition) is 1. The molecule has 1 aromatic carbocycles. The molecule has 0 amide bonds. The van der Waals surface area contributed by atoms with Crippen molar-refractivity contribution >= 4 is 26.8 Å². The SMILES string of the molecule is Cc1ccc(Br)c2[nH]c(C(F)F)cc(=O)c12. The highest BCUT2D eigenvalue weighted by molar-refractivity contribution is 9.10. The minimum atomic E-state index is -2.68. The molecule has 1 heterocycles. The highest BCUT2D eigenvalue weighted by atomic mass is 79.9. The van der Waals surface area contributed by atoms with E-state index in [2.05, 4.69) is 20.9 Å². The lowest BCUT2D eigenvalue weighted by molar-refractivity contribution is 0.146. The fraction of sp³-hybridized carbons (Fsp3) is 0.182. The van der Waals surface area contributed by atoms with E-state index in [-0.39, 0.29) is 11.1 Å². The van der Waals surface area contributed by atoms with E-state index < -0.39 is 6.43 Å². The molecule has 0 radical (unpaired) electrons. The molecule has 84 valence electrons. The van der Waals surface area contributed by atoms with Crippen molar-refractivity contribution in [2.24, 2.45) is 0 Å². The second-order valence-electron chi connectivity index (χ2n) is 3.50. The van der Waals surface area contributed by atoms with Gasteiger partial charge in [0, 0.05) is 15.9 Å². The Morgan fingerprint density at radius 1 is 1.38 bits per heavy atom. The maximum atomic E-state index is 12.5. The van der Waals surface area contributed by atoms with E-state index in [4.69, 9.17) is 0 Å². The van der Waals surface area contributed by atoms with E-state index in [1.807, 2.05) is 0 Å². The van der Waals surface area contributed by atoms with Crippen molar-refractivity contribution in [2.45, 2.75) is 13.3 Å². The van der Waals surface area contributed by atoms with Gasteiger partial charge in [0.1, 0.15) is 0 Å². The number of aromatic amines is 1. The van der Waals surface area contributed by atoms with Crippen molar-refractivity contribution in [1.29, 1.82) is 0 Å². The van der Waals surface area contributed by atoms with E-state index in [9.17, 15) is 13.6 Å². The summed E-state index contributed by atoms with van der Waals surface area (Å²) >= 11 is 3.23. The predicted molar refractivity (Wildman–Crippen MR) is 62.0 cm³/mol. The van der Waals surface area contributed by atoms with Gasteiger partial charge in [-0.15, -0.1) is 0 Å². The average molecular weight is 288 g/mol. The van der Waals surface area contributed by atoms with Gasteiger partial charge in [0.25, 0.3) is 6.43 Å². The van der Waals surface area contributed by atoms with Gasteiger partial charge >= 0.3 is 0 Å². The average Bonchev–Trinajstić information content (AvgIpc) is 2.22. The lowest BCUT2D eigenvalue weighted by atomic mass is 10.1. The van der Waals surface area contributed by atoms with Gasteiger partial charge in [-0.2, -0.15) is 0 Å². The third-order valence-corrected chi connectivity index (χ3v) is 3.06. The number of nitrogens with one attached hydrogen (secondary N) is 1. The van der Waals surface area contributed by atoms with Crippen LogP contribution in [0.25, 0.3) is 10.9 Å². The smallest absolute Gasteiger partial charge is 0.278 e. The van der Waals surface area contributed by atoms with Gasteiger partial charge in [0.2, 0.25) is 0 Å². The summed E-state index contributed by atoms with van der Waals surface area (Å²) in [6, 6.07) is 4.44. The van der Waals surface area contributed by atoms with Crippen LogP contribution in [0.15, 0.2) is 27.5 Å². The maximum Gasteiger partial charge on any atom is 0.278 e. The zero-order valence-electron chi connectivity index (χ0n) is 8.35. The monoisotopic (exact) mass is 287 g/mol. The Balaban J connectivity index is 2.92. The summed E-state index contributed by atoms with van der Waals surface area (Å²) in [6.07, 6.45) is -2.68. The molecule has 0 bridgehead atoms. The summed E-state index contributed by atoms with van der Waals surface area (Å²) in [5, 5.41) is 0.443. The van der Waals surface area contributed by atoms with E-state index >= 15 is 0 Å². The third kappa shape index (κ3) is 1.75. The molecule has 16 heavy (non-hydrogen) atoms. The van der Waals surface area contributed by atoms with E-state index in [1.54, 1.807) is 19.1 Å². The van der Waals surface area contributed by atoms with Gasteiger partial charge in [0.05, 0.1) is 11.2 Å². The topological polar surface area (TPSA) is 32.9 Å². The molecule has 0 aliphatic rings. The van der Waals surface area contributed by atoms with Crippen molar-refractivity contribution < 1.29 is 8.78 Å². The standard InChI is InChI=1S/C11H8BrF2NO/c1-5-2-3-6(12)10-9(5)8(16)4-7(15-10)11(13)14/h2-4,11H,1H3,(H,15,16). The molecule has 1 aromatic heterocycles. The van der Waals surface area contributed by atoms with Gasteiger partial charge in [-0.1, -0.05) is 6.07 Å².